The SMILES string of the molecule is O=C(O)c1cccc(NC(=S)NN=Cc2ccc(OCc3ccccc3)cc2O)c1. The average molecular weight is 421 g/mol. The Morgan fingerprint density at radius 1 is 1.07 bits per heavy atom. The quantitative estimate of drug-likeness (QED) is 0.260. The van der Waals surface area contributed by atoms with E-state index in [9.17, 15) is 9.90 Å². The van der Waals surface area contributed by atoms with E-state index >= 15 is 0 Å². The Hall–Kier alpha value is -3.91. The van der Waals surface area contributed by atoms with E-state index in [1.54, 1.807) is 24.3 Å². The first-order valence-electron chi connectivity index (χ1n) is 8.94. The van der Waals surface area contributed by atoms with Crippen LogP contribution in [0.2, 0.25) is 0 Å². The maximum absolute atomic E-state index is 11.0. The van der Waals surface area contributed by atoms with E-state index in [4.69, 9.17) is 22.1 Å². The average Bonchev–Trinajstić information content (AvgIpc) is 2.74. The normalized spacial score (nSPS) is 10.5. The van der Waals surface area contributed by atoms with Crippen molar-refractivity contribution in [2.24, 2.45) is 5.10 Å². The molecule has 8 heteroatoms. The molecule has 0 radical (unpaired) electrons. The predicted molar refractivity (Wildman–Crippen MR) is 119 cm³/mol. The van der Waals surface area contributed by atoms with Gasteiger partial charge in [0.1, 0.15) is 18.1 Å². The van der Waals surface area contributed by atoms with Crippen molar-refractivity contribution in [1.29, 1.82) is 0 Å². The van der Waals surface area contributed by atoms with Gasteiger partial charge in [0.25, 0.3) is 0 Å². The molecule has 3 aromatic rings. The number of carboxylic acid groups (broad SMARTS) is 1. The van der Waals surface area contributed by atoms with Gasteiger partial charge in [0, 0.05) is 17.3 Å². The van der Waals surface area contributed by atoms with Gasteiger partial charge in [-0.1, -0.05) is 36.4 Å². The van der Waals surface area contributed by atoms with Crippen molar-refractivity contribution in [1.82, 2.24) is 5.43 Å². The number of phenols is 1. The van der Waals surface area contributed by atoms with Crippen LogP contribution in [0, 0.1) is 0 Å². The minimum atomic E-state index is -1.03. The maximum Gasteiger partial charge on any atom is 0.335 e. The Kier molecular flexibility index (Phi) is 6.96. The fourth-order valence-electron chi connectivity index (χ4n) is 2.51. The van der Waals surface area contributed by atoms with Crippen LogP contribution in [0.1, 0.15) is 21.5 Å². The molecular formula is C22H19N3O4S. The van der Waals surface area contributed by atoms with Crippen LogP contribution in [0.4, 0.5) is 5.69 Å². The number of carboxylic acids is 1. The number of hydrazone groups is 1. The summed E-state index contributed by atoms with van der Waals surface area (Å²) in [6, 6.07) is 20.9. The number of benzene rings is 3. The molecule has 0 unspecified atom stereocenters. The zero-order valence-electron chi connectivity index (χ0n) is 15.8. The number of aromatic carboxylic acids is 1. The second-order valence-corrected chi connectivity index (χ2v) is 6.61. The molecule has 0 saturated heterocycles. The standard InChI is InChI=1S/C22H19N3O4S/c26-20-12-19(29-14-15-5-2-1-3-6-15)10-9-17(20)13-23-25-22(30)24-18-8-4-7-16(11-18)21(27)28/h1-13,26H,14H2,(H,27,28)(H2,24,25,30). The zero-order chi connectivity index (χ0) is 21.3. The van der Waals surface area contributed by atoms with Crippen LogP contribution < -0.4 is 15.5 Å². The lowest BCUT2D eigenvalue weighted by atomic mass is 10.2. The number of phenolic OH excluding ortho intramolecular Hbond substituents is 1. The highest BCUT2D eigenvalue weighted by Crippen LogP contribution is 2.23. The van der Waals surface area contributed by atoms with Crippen LogP contribution in [-0.4, -0.2) is 27.5 Å². The number of anilines is 1. The number of carbonyl (C=O) groups is 1. The van der Waals surface area contributed by atoms with E-state index in [0.29, 0.717) is 23.6 Å². The number of nitrogens with zero attached hydrogens (tertiary/aromatic N) is 1. The number of aromatic hydroxyl groups is 1. The van der Waals surface area contributed by atoms with E-state index in [1.807, 2.05) is 30.3 Å². The minimum Gasteiger partial charge on any atom is -0.507 e. The molecule has 3 aromatic carbocycles. The molecule has 7 nitrogen and oxygen atoms in total. The van der Waals surface area contributed by atoms with Gasteiger partial charge in [-0.15, -0.1) is 0 Å². The second kappa shape index (κ2) is 10.0. The summed E-state index contributed by atoms with van der Waals surface area (Å²) in [4.78, 5) is 11.0. The van der Waals surface area contributed by atoms with Gasteiger partial charge >= 0.3 is 5.97 Å². The number of nitrogens with one attached hydrogen (secondary N) is 2. The molecule has 0 heterocycles. The summed E-state index contributed by atoms with van der Waals surface area (Å²) in [5, 5.41) is 26.2. The van der Waals surface area contributed by atoms with Crippen molar-refractivity contribution < 1.29 is 19.7 Å². The second-order valence-electron chi connectivity index (χ2n) is 6.20. The third kappa shape index (κ3) is 6.05. The van der Waals surface area contributed by atoms with E-state index in [1.165, 1.54) is 24.4 Å². The number of thiocarbonyl (C=S) groups is 1. The van der Waals surface area contributed by atoms with Crippen LogP contribution in [0.5, 0.6) is 11.5 Å². The smallest absolute Gasteiger partial charge is 0.335 e. The van der Waals surface area contributed by atoms with Crippen LogP contribution >= 0.6 is 12.2 Å². The first-order valence-corrected chi connectivity index (χ1v) is 9.35. The van der Waals surface area contributed by atoms with Gasteiger partial charge in [-0.25, -0.2) is 4.79 Å². The Bertz CT molecular complexity index is 1070. The Labute approximate surface area is 178 Å². The molecule has 3 rings (SSSR count). The molecule has 0 amide bonds. The van der Waals surface area contributed by atoms with Crippen LogP contribution in [0.3, 0.4) is 0 Å². The minimum absolute atomic E-state index is 0.0131. The Morgan fingerprint density at radius 3 is 2.60 bits per heavy atom. The van der Waals surface area contributed by atoms with E-state index in [-0.39, 0.29) is 16.4 Å². The molecule has 0 aliphatic rings. The molecule has 30 heavy (non-hydrogen) atoms. The van der Waals surface area contributed by atoms with Gasteiger partial charge in [-0.2, -0.15) is 5.10 Å². The lowest BCUT2D eigenvalue weighted by Gasteiger charge is -2.09. The highest BCUT2D eigenvalue weighted by molar-refractivity contribution is 7.80. The number of hydrogen-bond donors (Lipinski definition) is 4. The maximum atomic E-state index is 11.0. The molecule has 0 saturated carbocycles. The largest absolute Gasteiger partial charge is 0.507 e. The summed E-state index contributed by atoms with van der Waals surface area (Å²) in [5.74, 6) is -0.474. The first kappa shape index (κ1) is 20.8. The fourth-order valence-corrected chi connectivity index (χ4v) is 2.68. The van der Waals surface area contributed by atoms with Crippen molar-refractivity contribution in [2.75, 3.05) is 5.32 Å². The Balaban J connectivity index is 1.53. The molecule has 0 aliphatic carbocycles. The van der Waals surface area contributed by atoms with Crippen molar-refractivity contribution >= 4 is 35.2 Å². The molecular weight excluding hydrogens is 402 g/mol. The van der Waals surface area contributed by atoms with E-state index in [0.717, 1.165) is 5.56 Å². The summed E-state index contributed by atoms with van der Waals surface area (Å²) in [7, 11) is 0. The van der Waals surface area contributed by atoms with Gasteiger partial charge in [-0.05, 0) is 48.1 Å². The van der Waals surface area contributed by atoms with Crippen LogP contribution in [-0.2, 0) is 6.61 Å². The monoisotopic (exact) mass is 421 g/mol. The van der Waals surface area contributed by atoms with Crippen molar-refractivity contribution in [3.8, 4) is 11.5 Å². The summed E-state index contributed by atoms with van der Waals surface area (Å²) in [6.07, 6.45) is 1.41. The molecule has 0 spiro atoms. The van der Waals surface area contributed by atoms with E-state index in [2.05, 4.69) is 15.8 Å². The molecule has 4 N–H and O–H groups in total. The summed E-state index contributed by atoms with van der Waals surface area (Å²) in [6.45, 7) is 0.401. The molecule has 152 valence electrons. The number of hydrogen-bond acceptors (Lipinski definition) is 5. The molecule has 0 aliphatic heterocycles. The van der Waals surface area contributed by atoms with Crippen LogP contribution in [0.25, 0.3) is 0 Å². The van der Waals surface area contributed by atoms with Crippen molar-refractivity contribution in [3.05, 3.63) is 89.5 Å². The fraction of sp³-hybridized carbons (Fsp3) is 0.0455. The lowest BCUT2D eigenvalue weighted by Crippen LogP contribution is -2.24. The number of rotatable bonds is 7. The summed E-state index contributed by atoms with van der Waals surface area (Å²) in [5.41, 5.74) is 4.79. The first-order chi connectivity index (χ1) is 14.5. The summed E-state index contributed by atoms with van der Waals surface area (Å²) >= 11 is 5.13. The number of ether oxygens (including phenoxy) is 1. The van der Waals surface area contributed by atoms with Crippen molar-refractivity contribution in [2.45, 2.75) is 6.61 Å². The topological polar surface area (TPSA) is 103 Å². The third-order valence-electron chi connectivity index (χ3n) is 3.99. The zero-order valence-corrected chi connectivity index (χ0v) is 16.6. The Morgan fingerprint density at radius 2 is 1.87 bits per heavy atom. The van der Waals surface area contributed by atoms with Gasteiger partial charge in [0.05, 0.1) is 11.8 Å². The molecule has 0 fully saturated rings. The van der Waals surface area contributed by atoms with Gasteiger partial charge < -0.3 is 20.3 Å². The van der Waals surface area contributed by atoms with Gasteiger partial charge in [-0.3, -0.25) is 5.43 Å². The molecule has 0 bridgehead atoms. The van der Waals surface area contributed by atoms with Crippen LogP contribution in [0.15, 0.2) is 77.9 Å². The lowest BCUT2D eigenvalue weighted by molar-refractivity contribution is 0.0697. The predicted octanol–water partition coefficient (Wildman–Crippen LogP) is 3.99. The third-order valence-corrected chi connectivity index (χ3v) is 4.18. The highest BCUT2D eigenvalue weighted by Gasteiger charge is 2.05. The van der Waals surface area contributed by atoms with Crippen molar-refractivity contribution in [3.63, 3.8) is 0 Å². The molecule has 0 atom stereocenters. The van der Waals surface area contributed by atoms with E-state index < -0.39 is 5.97 Å². The highest BCUT2D eigenvalue weighted by atomic mass is 32.1. The van der Waals surface area contributed by atoms with Gasteiger partial charge in [0.15, 0.2) is 5.11 Å². The molecule has 0 aromatic heterocycles. The summed E-state index contributed by atoms with van der Waals surface area (Å²) < 4.78 is 5.67. The van der Waals surface area contributed by atoms with Gasteiger partial charge in [0.2, 0.25) is 0 Å².